The van der Waals surface area contributed by atoms with Crippen LogP contribution < -0.4 is 5.73 Å². The highest BCUT2D eigenvalue weighted by Gasteiger charge is 2.25. The van der Waals surface area contributed by atoms with Gasteiger partial charge in [0, 0.05) is 23.5 Å². The Bertz CT molecular complexity index is 1260. The van der Waals surface area contributed by atoms with Crippen molar-refractivity contribution in [1.82, 2.24) is 18.9 Å². The fraction of sp³-hybridized carbons (Fsp3) is 0.300. The summed E-state index contributed by atoms with van der Waals surface area (Å²) in [5, 5.41) is 0.729. The summed E-state index contributed by atoms with van der Waals surface area (Å²) < 4.78 is 27.2. The number of hydrogen-bond donors (Lipinski definition) is 2. The Hall–Kier alpha value is -2.42. The average Bonchev–Trinajstić information content (AvgIpc) is 3.33. The number of nitrogens with zero attached hydrogens (tertiary/aromatic N) is 3. The number of hydrogen-bond acceptors (Lipinski definition) is 5. The number of rotatable bonds is 3. The van der Waals surface area contributed by atoms with Crippen LogP contribution in [0.3, 0.4) is 0 Å². The Morgan fingerprint density at radius 1 is 1.07 bits per heavy atom. The molecule has 3 heterocycles. The van der Waals surface area contributed by atoms with E-state index >= 15 is 0 Å². The van der Waals surface area contributed by atoms with Gasteiger partial charge in [0.25, 0.3) is 10.0 Å². The summed E-state index contributed by atoms with van der Waals surface area (Å²) in [7, 11) is -3.71. The van der Waals surface area contributed by atoms with Crippen LogP contribution >= 0.6 is 12.4 Å². The van der Waals surface area contributed by atoms with Crippen molar-refractivity contribution in [3.63, 3.8) is 0 Å². The van der Waals surface area contributed by atoms with Crippen molar-refractivity contribution < 1.29 is 8.42 Å². The highest BCUT2D eigenvalue weighted by atomic mass is 35.5. The lowest BCUT2D eigenvalue weighted by molar-refractivity contribution is 0.387. The number of H-pyrrole nitrogens is 1. The number of aromatic nitrogens is 4. The summed E-state index contributed by atoms with van der Waals surface area (Å²) >= 11 is 0. The number of fused-ring (bicyclic) bond motifs is 3. The first-order valence-corrected chi connectivity index (χ1v) is 10.9. The lowest BCUT2D eigenvalue weighted by Gasteiger charge is -2.24. The molecule has 1 aromatic carbocycles. The predicted molar refractivity (Wildman–Crippen MR) is 115 cm³/mol. The molecule has 1 aliphatic carbocycles. The second kappa shape index (κ2) is 7.44. The highest BCUT2D eigenvalue weighted by Crippen LogP contribution is 2.33. The summed E-state index contributed by atoms with van der Waals surface area (Å²) in [6.07, 6.45) is 7.25. The predicted octanol–water partition coefficient (Wildman–Crippen LogP) is 3.56. The summed E-state index contributed by atoms with van der Waals surface area (Å²) in [5.41, 5.74) is 7.99. The summed E-state index contributed by atoms with van der Waals surface area (Å²) in [6.45, 7) is 0. The lowest BCUT2D eigenvalue weighted by atomic mass is 9.86. The molecular weight excluding hydrogens is 410 g/mol. The Kier molecular flexibility index (Phi) is 5.10. The van der Waals surface area contributed by atoms with Crippen LogP contribution in [0.5, 0.6) is 0 Å². The second-order valence-corrected chi connectivity index (χ2v) is 9.24. The van der Waals surface area contributed by atoms with Gasteiger partial charge in [0.05, 0.1) is 16.6 Å². The van der Waals surface area contributed by atoms with Crippen molar-refractivity contribution in [2.75, 3.05) is 0 Å². The Labute approximate surface area is 174 Å². The van der Waals surface area contributed by atoms with E-state index in [4.69, 9.17) is 10.7 Å². The monoisotopic (exact) mass is 431 g/mol. The van der Waals surface area contributed by atoms with Crippen molar-refractivity contribution in [2.24, 2.45) is 5.73 Å². The maximum absolute atomic E-state index is 13.0. The number of aromatic amines is 1. The van der Waals surface area contributed by atoms with Crippen LogP contribution in [0.4, 0.5) is 0 Å². The van der Waals surface area contributed by atoms with Gasteiger partial charge in [0.1, 0.15) is 11.3 Å². The largest absolute Gasteiger partial charge is 0.340 e. The Morgan fingerprint density at radius 2 is 1.79 bits per heavy atom. The van der Waals surface area contributed by atoms with E-state index in [2.05, 4.69) is 9.97 Å². The molecule has 0 bridgehead atoms. The minimum absolute atomic E-state index is 0. The molecule has 0 unspecified atom stereocenters. The molecule has 3 aromatic heterocycles. The van der Waals surface area contributed by atoms with E-state index < -0.39 is 10.0 Å². The zero-order valence-corrected chi connectivity index (χ0v) is 17.3. The first kappa shape index (κ1) is 19.9. The van der Waals surface area contributed by atoms with Crippen LogP contribution in [0.1, 0.15) is 37.4 Å². The molecular formula is C20H22ClN5O2S. The number of nitrogens with one attached hydrogen (secondary N) is 1. The molecule has 0 spiro atoms. The molecule has 9 heteroatoms. The molecule has 3 N–H and O–H groups in total. The number of pyridine rings is 1. The van der Waals surface area contributed by atoms with Crippen molar-refractivity contribution >= 4 is 44.5 Å². The lowest BCUT2D eigenvalue weighted by Crippen LogP contribution is -2.26. The normalized spacial score (nSPS) is 20.0. The van der Waals surface area contributed by atoms with Gasteiger partial charge in [-0.1, -0.05) is 18.2 Å². The topological polar surface area (TPSA) is 107 Å². The zero-order chi connectivity index (χ0) is 19.3. The minimum atomic E-state index is -3.71. The molecule has 0 saturated heterocycles. The number of halogens is 1. The molecule has 0 amide bonds. The molecule has 1 aliphatic rings. The van der Waals surface area contributed by atoms with Crippen molar-refractivity contribution in [3.8, 4) is 0 Å². The quantitative estimate of drug-likeness (QED) is 0.515. The first-order valence-electron chi connectivity index (χ1n) is 9.46. The molecule has 29 heavy (non-hydrogen) atoms. The fourth-order valence-corrected chi connectivity index (χ4v) is 5.36. The molecule has 5 rings (SSSR count). The van der Waals surface area contributed by atoms with E-state index in [1.165, 1.54) is 3.97 Å². The van der Waals surface area contributed by atoms with Crippen LogP contribution in [-0.2, 0) is 10.0 Å². The Balaban J connectivity index is 0.00000205. The van der Waals surface area contributed by atoms with E-state index in [9.17, 15) is 8.42 Å². The fourth-order valence-electron chi connectivity index (χ4n) is 4.03. The van der Waals surface area contributed by atoms with Gasteiger partial charge in [-0.15, -0.1) is 12.4 Å². The minimum Gasteiger partial charge on any atom is -0.340 e. The van der Waals surface area contributed by atoms with Gasteiger partial charge < -0.3 is 10.7 Å². The first-order chi connectivity index (χ1) is 13.5. The van der Waals surface area contributed by atoms with Gasteiger partial charge in [-0.3, -0.25) is 0 Å². The maximum Gasteiger partial charge on any atom is 0.269 e. The SMILES string of the molecule is Cl.NC1CCC(c2nc3c(cnc4c3ccn4S(=O)(=O)c3ccccc3)[nH]2)CC1. The Morgan fingerprint density at radius 3 is 2.52 bits per heavy atom. The van der Waals surface area contributed by atoms with Gasteiger partial charge in [-0.25, -0.2) is 22.4 Å². The highest BCUT2D eigenvalue weighted by molar-refractivity contribution is 7.90. The average molecular weight is 432 g/mol. The molecule has 152 valence electrons. The number of benzene rings is 1. The van der Waals surface area contributed by atoms with Crippen LogP contribution in [0, 0.1) is 0 Å². The number of imidazole rings is 1. The van der Waals surface area contributed by atoms with Crippen LogP contribution in [0.2, 0.25) is 0 Å². The van der Waals surface area contributed by atoms with Gasteiger partial charge in [0.2, 0.25) is 0 Å². The van der Waals surface area contributed by atoms with Crippen molar-refractivity contribution in [1.29, 1.82) is 0 Å². The summed E-state index contributed by atoms with van der Waals surface area (Å²) in [5.74, 6) is 1.30. The molecule has 0 atom stereocenters. The van der Waals surface area contributed by atoms with E-state index in [0.29, 0.717) is 11.6 Å². The second-order valence-electron chi connectivity index (χ2n) is 7.42. The van der Waals surface area contributed by atoms with Crippen LogP contribution in [0.15, 0.2) is 53.7 Å². The summed E-state index contributed by atoms with van der Waals surface area (Å²) in [4.78, 5) is 12.8. The third-order valence-corrected chi connectivity index (χ3v) is 7.29. The third-order valence-electron chi connectivity index (χ3n) is 5.61. The van der Waals surface area contributed by atoms with Crippen molar-refractivity contribution in [3.05, 3.63) is 54.6 Å². The van der Waals surface area contributed by atoms with Crippen molar-refractivity contribution in [2.45, 2.75) is 42.5 Å². The van der Waals surface area contributed by atoms with E-state index in [1.54, 1.807) is 48.8 Å². The molecule has 0 aliphatic heterocycles. The van der Waals surface area contributed by atoms with E-state index in [1.807, 2.05) is 0 Å². The summed E-state index contributed by atoms with van der Waals surface area (Å²) in [6, 6.07) is 10.4. The van der Waals surface area contributed by atoms with E-state index in [-0.39, 0.29) is 23.3 Å². The molecule has 1 fully saturated rings. The maximum atomic E-state index is 13.0. The zero-order valence-electron chi connectivity index (χ0n) is 15.7. The number of nitrogens with two attached hydrogens (primary N) is 1. The van der Waals surface area contributed by atoms with E-state index in [0.717, 1.165) is 47.9 Å². The van der Waals surface area contributed by atoms with Crippen LogP contribution in [0.25, 0.3) is 22.1 Å². The van der Waals surface area contributed by atoms with Gasteiger partial charge in [-0.2, -0.15) is 0 Å². The molecule has 7 nitrogen and oxygen atoms in total. The molecule has 4 aromatic rings. The van der Waals surface area contributed by atoms with Gasteiger partial charge in [-0.05, 0) is 43.9 Å². The smallest absolute Gasteiger partial charge is 0.269 e. The van der Waals surface area contributed by atoms with Gasteiger partial charge in [0.15, 0.2) is 5.65 Å². The molecule has 0 radical (unpaired) electrons. The van der Waals surface area contributed by atoms with Gasteiger partial charge >= 0.3 is 0 Å². The third kappa shape index (κ3) is 3.31. The van der Waals surface area contributed by atoms with Crippen LogP contribution in [-0.4, -0.2) is 33.4 Å². The standard InChI is InChI=1S/C20H21N5O2S.ClH/c21-14-8-6-13(7-9-14)19-23-17-12-22-20-16(18(17)24-19)10-11-25(20)28(26,27)15-4-2-1-3-5-15;/h1-5,10-14H,6-9,21H2,(H,23,24);1H. The molecule has 1 saturated carbocycles.